The number of piperidine rings is 1. The Hall–Kier alpha value is -1.63. The Morgan fingerprint density at radius 2 is 2.08 bits per heavy atom. The minimum atomic E-state index is 0.457. The Kier molecular flexibility index (Phi) is 6.07. The lowest BCUT2D eigenvalue weighted by Crippen LogP contribution is -2.53. The monoisotopic (exact) mass is 334 g/mol. The van der Waals surface area contributed by atoms with Crippen LogP contribution in [-0.4, -0.2) is 53.2 Å². The number of nitrogens with one attached hydrogen (secondary N) is 2. The van der Waals surface area contributed by atoms with Crippen LogP contribution >= 0.6 is 0 Å². The van der Waals surface area contributed by atoms with E-state index in [0.29, 0.717) is 24.3 Å². The van der Waals surface area contributed by atoms with E-state index >= 15 is 0 Å². The third-order valence-corrected chi connectivity index (χ3v) is 5.09. The fourth-order valence-electron chi connectivity index (χ4n) is 3.87. The van der Waals surface area contributed by atoms with Gasteiger partial charge < -0.3 is 15.2 Å². The molecular weight excluding hydrogens is 304 g/mol. The average molecular weight is 334 g/mol. The Labute approximate surface area is 144 Å². The summed E-state index contributed by atoms with van der Waals surface area (Å²) in [5, 5.41) is 10.7. The molecule has 2 aliphatic rings. The molecule has 1 atom stereocenters. The molecule has 1 aliphatic heterocycles. The van der Waals surface area contributed by atoms with E-state index in [2.05, 4.69) is 30.7 Å². The second-order valence-corrected chi connectivity index (χ2v) is 6.93. The van der Waals surface area contributed by atoms with Crippen LogP contribution in [0.1, 0.15) is 56.7 Å². The first-order valence-corrected chi connectivity index (χ1v) is 9.25. The zero-order chi connectivity index (χ0) is 16.8. The molecule has 2 fully saturated rings. The minimum absolute atomic E-state index is 0.457. The van der Waals surface area contributed by atoms with Crippen molar-refractivity contribution >= 4 is 5.96 Å². The van der Waals surface area contributed by atoms with Crippen molar-refractivity contribution in [2.24, 2.45) is 4.99 Å². The topological polar surface area (TPSA) is 78.6 Å². The molecule has 24 heavy (non-hydrogen) atoms. The van der Waals surface area contributed by atoms with Crippen LogP contribution in [0.4, 0.5) is 0 Å². The van der Waals surface area contributed by atoms with Gasteiger partial charge in [0.05, 0.1) is 6.54 Å². The molecule has 2 N–H and O–H groups in total. The molecule has 0 aromatic carbocycles. The van der Waals surface area contributed by atoms with Crippen molar-refractivity contribution in [1.82, 2.24) is 25.7 Å². The normalized spacial score (nSPS) is 24.1. The van der Waals surface area contributed by atoms with Crippen LogP contribution < -0.4 is 10.6 Å². The van der Waals surface area contributed by atoms with E-state index in [0.717, 1.165) is 18.5 Å². The maximum absolute atomic E-state index is 4.99. The summed E-state index contributed by atoms with van der Waals surface area (Å²) in [5.74, 6) is 2.06. The van der Waals surface area contributed by atoms with Gasteiger partial charge in [-0.3, -0.25) is 9.89 Å². The second-order valence-electron chi connectivity index (χ2n) is 6.93. The highest BCUT2D eigenvalue weighted by Crippen LogP contribution is 2.25. The van der Waals surface area contributed by atoms with Crippen molar-refractivity contribution in [3.05, 3.63) is 11.7 Å². The third kappa shape index (κ3) is 4.69. The van der Waals surface area contributed by atoms with Gasteiger partial charge in [-0.25, -0.2) is 0 Å². The van der Waals surface area contributed by atoms with Crippen LogP contribution in [0.25, 0.3) is 0 Å². The Morgan fingerprint density at radius 1 is 1.25 bits per heavy atom. The van der Waals surface area contributed by atoms with Crippen LogP contribution in [0.5, 0.6) is 0 Å². The number of hydrogen-bond donors (Lipinski definition) is 2. The van der Waals surface area contributed by atoms with Gasteiger partial charge in [0.15, 0.2) is 11.8 Å². The van der Waals surface area contributed by atoms with E-state index in [9.17, 15) is 0 Å². The highest BCUT2D eigenvalue weighted by molar-refractivity contribution is 5.79. The first-order valence-electron chi connectivity index (χ1n) is 9.25. The SMILES string of the molecule is CN=C(NCc1noc(C)n1)NC1CCCN(C2CCCCC2)C1. The van der Waals surface area contributed by atoms with Crippen molar-refractivity contribution < 1.29 is 4.52 Å². The van der Waals surface area contributed by atoms with Gasteiger partial charge in [-0.15, -0.1) is 0 Å². The molecule has 1 aromatic rings. The smallest absolute Gasteiger partial charge is 0.223 e. The number of likely N-dealkylation sites (tertiary alicyclic amines) is 1. The first-order chi connectivity index (χ1) is 11.7. The molecule has 0 amide bonds. The molecule has 0 bridgehead atoms. The predicted octanol–water partition coefficient (Wildman–Crippen LogP) is 1.84. The third-order valence-electron chi connectivity index (χ3n) is 5.09. The van der Waals surface area contributed by atoms with Crippen molar-refractivity contribution in [3.63, 3.8) is 0 Å². The van der Waals surface area contributed by atoms with Crippen molar-refractivity contribution in [1.29, 1.82) is 0 Å². The first kappa shape index (κ1) is 17.2. The van der Waals surface area contributed by atoms with Gasteiger partial charge in [0.2, 0.25) is 5.89 Å². The van der Waals surface area contributed by atoms with Crippen LogP contribution in [0.3, 0.4) is 0 Å². The summed E-state index contributed by atoms with van der Waals surface area (Å²) in [6.07, 6.45) is 9.41. The van der Waals surface area contributed by atoms with E-state index in [1.165, 1.54) is 51.5 Å². The zero-order valence-electron chi connectivity index (χ0n) is 14.9. The Morgan fingerprint density at radius 3 is 2.79 bits per heavy atom. The molecule has 1 unspecified atom stereocenters. The minimum Gasteiger partial charge on any atom is -0.352 e. The average Bonchev–Trinajstić information content (AvgIpc) is 3.05. The van der Waals surface area contributed by atoms with E-state index < -0.39 is 0 Å². The number of aryl methyl sites for hydroxylation is 1. The zero-order valence-corrected chi connectivity index (χ0v) is 14.9. The molecule has 1 saturated carbocycles. The van der Waals surface area contributed by atoms with Gasteiger partial charge in [-0.1, -0.05) is 24.4 Å². The lowest BCUT2D eigenvalue weighted by atomic mass is 9.92. The molecule has 2 heterocycles. The Balaban J connectivity index is 1.47. The van der Waals surface area contributed by atoms with Crippen molar-refractivity contribution in [2.45, 2.75) is 70.5 Å². The number of aromatic nitrogens is 2. The lowest BCUT2D eigenvalue weighted by Gasteiger charge is -2.40. The molecule has 7 heteroatoms. The maximum atomic E-state index is 4.99. The molecule has 3 rings (SSSR count). The number of hydrogen-bond acceptors (Lipinski definition) is 5. The van der Waals surface area contributed by atoms with E-state index in [1.807, 2.05) is 0 Å². The van der Waals surface area contributed by atoms with Crippen LogP contribution in [0, 0.1) is 6.92 Å². The standard InChI is InChI=1S/C17H30N6O/c1-13-20-16(22-24-13)11-19-17(18-2)21-14-7-6-10-23(12-14)15-8-4-3-5-9-15/h14-15H,3-12H2,1-2H3,(H2,18,19,21). The molecule has 7 nitrogen and oxygen atoms in total. The van der Waals surface area contributed by atoms with E-state index in [1.54, 1.807) is 14.0 Å². The second kappa shape index (κ2) is 8.46. The molecule has 1 aliphatic carbocycles. The van der Waals surface area contributed by atoms with Crippen molar-refractivity contribution in [2.75, 3.05) is 20.1 Å². The lowest BCUT2D eigenvalue weighted by molar-refractivity contribution is 0.115. The summed E-state index contributed by atoms with van der Waals surface area (Å²) in [6.45, 7) is 4.69. The number of aliphatic imine (C=N–C) groups is 1. The molecular formula is C17H30N6O. The van der Waals surface area contributed by atoms with Crippen LogP contribution in [0.2, 0.25) is 0 Å². The Bertz CT molecular complexity index is 537. The maximum Gasteiger partial charge on any atom is 0.223 e. The van der Waals surface area contributed by atoms with E-state index in [-0.39, 0.29) is 0 Å². The number of nitrogens with zero attached hydrogens (tertiary/aromatic N) is 4. The van der Waals surface area contributed by atoms with Gasteiger partial charge in [-0.05, 0) is 32.2 Å². The number of guanidine groups is 1. The van der Waals surface area contributed by atoms with Crippen molar-refractivity contribution in [3.8, 4) is 0 Å². The van der Waals surface area contributed by atoms with Gasteiger partial charge in [-0.2, -0.15) is 4.98 Å². The molecule has 1 aromatic heterocycles. The summed E-state index contributed by atoms with van der Waals surface area (Å²) >= 11 is 0. The summed E-state index contributed by atoms with van der Waals surface area (Å²) in [4.78, 5) is 11.2. The summed E-state index contributed by atoms with van der Waals surface area (Å²) in [7, 11) is 1.80. The van der Waals surface area contributed by atoms with E-state index in [4.69, 9.17) is 4.52 Å². The summed E-state index contributed by atoms with van der Waals surface area (Å²) in [5.41, 5.74) is 0. The molecule has 0 radical (unpaired) electrons. The van der Waals surface area contributed by atoms with Gasteiger partial charge in [0, 0.05) is 32.6 Å². The summed E-state index contributed by atoms with van der Waals surface area (Å²) in [6, 6.07) is 1.25. The number of rotatable bonds is 4. The van der Waals surface area contributed by atoms with Crippen LogP contribution in [-0.2, 0) is 6.54 Å². The molecule has 1 saturated heterocycles. The van der Waals surface area contributed by atoms with Gasteiger partial charge in [0.25, 0.3) is 0 Å². The summed E-state index contributed by atoms with van der Waals surface area (Å²) < 4.78 is 4.99. The van der Waals surface area contributed by atoms with Gasteiger partial charge >= 0.3 is 0 Å². The predicted molar refractivity (Wildman–Crippen MR) is 93.8 cm³/mol. The largest absolute Gasteiger partial charge is 0.352 e. The van der Waals surface area contributed by atoms with Gasteiger partial charge in [0.1, 0.15) is 0 Å². The fraction of sp³-hybridized carbons (Fsp3) is 0.824. The quantitative estimate of drug-likeness (QED) is 0.646. The fourth-order valence-corrected chi connectivity index (χ4v) is 3.87. The highest BCUT2D eigenvalue weighted by atomic mass is 16.5. The van der Waals surface area contributed by atoms with Crippen LogP contribution in [0.15, 0.2) is 9.52 Å². The highest BCUT2D eigenvalue weighted by Gasteiger charge is 2.27. The molecule has 134 valence electrons. The molecule has 0 spiro atoms.